The summed E-state index contributed by atoms with van der Waals surface area (Å²) in [6, 6.07) is 0. The fraction of sp³-hybridized carbons (Fsp3) is 0.444. The van der Waals surface area contributed by atoms with Crippen LogP contribution in [0.5, 0.6) is 0 Å². The number of allylic oxidation sites excluding steroid dienone is 3. The van der Waals surface area contributed by atoms with Crippen LogP contribution in [0, 0.1) is 5.92 Å². The van der Waals surface area contributed by atoms with Crippen molar-refractivity contribution in [3.05, 3.63) is 23.8 Å². The third kappa shape index (κ3) is 1.06. The van der Waals surface area contributed by atoms with Gasteiger partial charge in [0, 0.05) is 12.1 Å². The van der Waals surface area contributed by atoms with Crippen LogP contribution in [-0.4, -0.2) is 22.7 Å². The van der Waals surface area contributed by atoms with Crippen LogP contribution in [0.2, 0.25) is 0 Å². The summed E-state index contributed by atoms with van der Waals surface area (Å²) in [5, 5.41) is 9.94. The van der Waals surface area contributed by atoms with Gasteiger partial charge < -0.3 is 0 Å². The minimum absolute atomic E-state index is 0.226. The summed E-state index contributed by atoms with van der Waals surface area (Å²) in [5.41, 5.74) is 0.756. The van der Waals surface area contributed by atoms with E-state index in [4.69, 9.17) is 5.21 Å². The zero-order valence-electron chi connectivity index (χ0n) is 6.73. The zero-order valence-corrected chi connectivity index (χ0v) is 6.73. The quantitative estimate of drug-likeness (QED) is 0.546. The zero-order chi connectivity index (χ0) is 8.55. The highest BCUT2D eigenvalue weighted by Crippen LogP contribution is 2.28. The van der Waals surface area contributed by atoms with E-state index in [0.717, 1.165) is 23.5 Å². The predicted octanol–water partition coefficient (Wildman–Crippen LogP) is 1.11. The van der Waals surface area contributed by atoms with Crippen molar-refractivity contribution in [2.24, 2.45) is 5.92 Å². The molecule has 0 aromatic carbocycles. The summed E-state index contributed by atoms with van der Waals surface area (Å²) in [4.78, 5) is 11.3. The second-order valence-electron chi connectivity index (χ2n) is 3.20. The second kappa shape index (κ2) is 2.75. The molecule has 12 heavy (non-hydrogen) atoms. The molecular weight excluding hydrogens is 154 g/mol. The van der Waals surface area contributed by atoms with Gasteiger partial charge in [0.2, 0.25) is 0 Å². The maximum atomic E-state index is 11.3. The maximum Gasteiger partial charge on any atom is 0.273 e. The van der Waals surface area contributed by atoms with Gasteiger partial charge in [0.05, 0.1) is 0 Å². The molecule has 3 nitrogen and oxygen atoms in total. The Morgan fingerprint density at radius 3 is 3.25 bits per heavy atom. The molecule has 2 aliphatic rings. The molecule has 0 radical (unpaired) electrons. The van der Waals surface area contributed by atoms with Crippen LogP contribution in [0.1, 0.15) is 12.8 Å². The molecule has 0 spiro atoms. The Hall–Kier alpha value is -1.09. The minimum atomic E-state index is -0.226. The van der Waals surface area contributed by atoms with Gasteiger partial charge in [0.1, 0.15) is 0 Å². The number of hydrogen-bond donors (Lipinski definition) is 1. The summed E-state index contributed by atoms with van der Waals surface area (Å²) in [5.74, 6) is 0.113. The van der Waals surface area contributed by atoms with Gasteiger partial charge in [-0.1, -0.05) is 18.2 Å². The van der Waals surface area contributed by atoms with E-state index in [9.17, 15) is 4.79 Å². The van der Waals surface area contributed by atoms with E-state index in [0.29, 0.717) is 12.5 Å². The lowest BCUT2D eigenvalue weighted by Gasteiger charge is -2.30. The van der Waals surface area contributed by atoms with Gasteiger partial charge in [-0.2, -0.15) is 0 Å². The first-order valence-corrected chi connectivity index (χ1v) is 4.16. The number of rotatable bonds is 0. The van der Waals surface area contributed by atoms with Gasteiger partial charge >= 0.3 is 0 Å². The average Bonchev–Trinajstić information content (AvgIpc) is 2.12. The Balaban J connectivity index is 2.27. The maximum absolute atomic E-state index is 11.3. The fourth-order valence-electron chi connectivity index (χ4n) is 1.73. The van der Waals surface area contributed by atoms with Crippen LogP contribution in [0.3, 0.4) is 0 Å². The number of amides is 1. The Kier molecular flexibility index (Phi) is 1.73. The standard InChI is InChI=1S/C9H11NO2/c11-9-8-4-2-1-3-7(8)5-6-10(9)12/h1-2,4,7,12H,3,5-6H2. The molecule has 1 atom stereocenters. The van der Waals surface area contributed by atoms with Crippen LogP contribution < -0.4 is 0 Å². The molecule has 0 aromatic heterocycles. The van der Waals surface area contributed by atoms with Crippen LogP contribution in [0.15, 0.2) is 23.8 Å². The number of nitrogens with zero attached hydrogens (tertiary/aromatic N) is 1. The van der Waals surface area contributed by atoms with E-state index >= 15 is 0 Å². The smallest absolute Gasteiger partial charge is 0.273 e. The van der Waals surface area contributed by atoms with Crippen LogP contribution >= 0.6 is 0 Å². The van der Waals surface area contributed by atoms with Crippen molar-refractivity contribution in [2.75, 3.05) is 6.54 Å². The predicted molar refractivity (Wildman–Crippen MR) is 43.4 cm³/mol. The average molecular weight is 165 g/mol. The van der Waals surface area contributed by atoms with Gasteiger partial charge in [-0.25, -0.2) is 5.06 Å². The number of fused-ring (bicyclic) bond motifs is 1. The fourth-order valence-corrected chi connectivity index (χ4v) is 1.73. The number of piperidine rings is 1. The van der Waals surface area contributed by atoms with Crippen molar-refractivity contribution in [1.82, 2.24) is 5.06 Å². The summed E-state index contributed by atoms with van der Waals surface area (Å²) < 4.78 is 0. The van der Waals surface area contributed by atoms with E-state index in [1.165, 1.54) is 0 Å². The summed E-state index contributed by atoms with van der Waals surface area (Å²) in [6.45, 7) is 0.467. The Bertz CT molecular complexity index is 268. The molecule has 0 bridgehead atoms. The molecule has 0 aromatic rings. The van der Waals surface area contributed by atoms with Gasteiger partial charge in [0.25, 0.3) is 5.91 Å². The molecular formula is C9H11NO2. The Morgan fingerprint density at radius 2 is 2.42 bits per heavy atom. The highest BCUT2D eigenvalue weighted by molar-refractivity contribution is 5.94. The Labute approximate surface area is 70.9 Å². The third-order valence-corrected chi connectivity index (χ3v) is 2.44. The van der Waals surface area contributed by atoms with Crippen molar-refractivity contribution in [3.8, 4) is 0 Å². The molecule has 1 fully saturated rings. The van der Waals surface area contributed by atoms with Gasteiger partial charge in [-0.3, -0.25) is 10.0 Å². The Morgan fingerprint density at radius 1 is 1.58 bits per heavy atom. The van der Waals surface area contributed by atoms with Gasteiger partial charge in [0.15, 0.2) is 0 Å². The SMILES string of the molecule is O=C1C2=CC=CCC2CCN1O. The van der Waals surface area contributed by atoms with Crippen LogP contribution in [0.4, 0.5) is 0 Å². The second-order valence-corrected chi connectivity index (χ2v) is 3.20. The van der Waals surface area contributed by atoms with E-state index in [-0.39, 0.29) is 5.91 Å². The summed E-state index contributed by atoms with van der Waals surface area (Å²) in [6.07, 6.45) is 7.56. The van der Waals surface area contributed by atoms with Crippen molar-refractivity contribution in [3.63, 3.8) is 0 Å². The number of hydroxylamine groups is 2. The third-order valence-electron chi connectivity index (χ3n) is 2.44. The molecule has 1 amide bonds. The lowest BCUT2D eigenvalue weighted by atomic mass is 9.86. The summed E-state index contributed by atoms with van der Waals surface area (Å²) in [7, 11) is 0. The lowest BCUT2D eigenvalue weighted by molar-refractivity contribution is -0.165. The number of hydrogen-bond acceptors (Lipinski definition) is 2. The molecule has 1 aliphatic heterocycles. The molecule has 2 rings (SSSR count). The molecule has 1 N–H and O–H groups in total. The van der Waals surface area contributed by atoms with Crippen LogP contribution in [-0.2, 0) is 4.79 Å². The molecule has 1 unspecified atom stereocenters. The monoisotopic (exact) mass is 165 g/mol. The lowest BCUT2D eigenvalue weighted by Crippen LogP contribution is -2.38. The van der Waals surface area contributed by atoms with Crippen molar-refractivity contribution >= 4 is 5.91 Å². The minimum Gasteiger partial charge on any atom is -0.286 e. The topological polar surface area (TPSA) is 40.5 Å². The highest BCUT2D eigenvalue weighted by atomic mass is 16.5. The number of carbonyl (C=O) groups excluding carboxylic acids is 1. The molecule has 64 valence electrons. The van der Waals surface area contributed by atoms with Crippen molar-refractivity contribution < 1.29 is 10.0 Å². The van der Waals surface area contributed by atoms with E-state index in [1.807, 2.05) is 6.08 Å². The largest absolute Gasteiger partial charge is 0.286 e. The normalized spacial score (nSPS) is 28.4. The van der Waals surface area contributed by atoms with Crippen molar-refractivity contribution in [1.29, 1.82) is 0 Å². The van der Waals surface area contributed by atoms with E-state index < -0.39 is 0 Å². The van der Waals surface area contributed by atoms with Crippen molar-refractivity contribution in [2.45, 2.75) is 12.8 Å². The first-order chi connectivity index (χ1) is 5.79. The molecule has 1 aliphatic carbocycles. The van der Waals surface area contributed by atoms with E-state index in [1.54, 1.807) is 6.08 Å². The number of carbonyl (C=O) groups is 1. The van der Waals surface area contributed by atoms with Gasteiger partial charge in [-0.05, 0) is 18.8 Å². The summed E-state index contributed by atoms with van der Waals surface area (Å²) >= 11 is 0. The molecule has 1 heterocycles. The van der Waals surface area contributed by atoms with E-state index in [2.05, 4.69) is 6.08 Å². The molecule has 1 saturated heterocycles. The highest BCUT2D eigenvalue weighted by Gasteiger charge is 2.30. The molecule has 3 heteroatoms. The van der Waals surface area contributed by atoms with Crippen LogP contribution in [0.25, 0.3) is 0 Å². The first-order valence-electron chi connectivity index (χ1n) is 4.16. The molecule has 0 saturated carbocycles. The first kappa shape index (κ1) is 7.55. The van der Waals surface area contributed by atoms with Gasteiger partial charge in [-0.15, -0.1) is 0 Å².